The van der Waals surface area contributed by atoms with Crippen LogP contribution in [0.2, 0.25) is 0 Å². The molecule has 0 aliphatic carbocycles. The lowest BCUT2D eigenvalue weighted by Crippen LogP contribution is -2.65. The van der Waals surface area contributed by atoms with Crippen LogP contribution >= 0.6 is 0 Å². The van der Waals surface area contributed by atoms with Crippen molar-refractivity contribution in [3.8, 4) is 0 Å². The summed E-state index contributed by atoms with van der Waals surface area (Å²) in [6.07, 6.45) is 0. The van der Waals surface area contributed by atoms with Gasteiger partial charge in [0.1, 0.15) is 0 Å². The first kappa shape index (κ1) is 16.7. The quantitative estimate of drug-likeness (QED) is 0.380. The van der Waals surface area contributed by atoms with Gasteiger partial charge in [-0.1, -0.05) is 84.9 Å². The molecule has 0 aliphatic rings. The third kappa shape index (κ3) is 2.94. The zero-order valence-electron chi connectivity index (χ0n) is 12.6. The minimum absolute atomic E-state index is 0.157. The summed E-state index contributed by atoms with van der Waals surface area (Å²) in [5, 5.41) is -1.29. The lowest BCUT2D eigenvalue weighted by molar-refractivity contribution is 0.645. The number of hydrogen-bond donors (Lipinski definition) is 0. The number of benzene rings is 3. The van der Waals surface area contributed by atoms with E-state index in [0.717, 1.165) is 12.1 Å². The van der Waals surface area contributed by atoms with Gasteiger partial charge in [0.05, 0.1) is 0 Å². The minimum atomic E-state index is -5.19. The monoisotopic (exact) mass is 362 g/mol. The molecule has 6 heteroatoms. The summed E-state index contributed by atoms with van der Waals surface area (Å²) in [6.45, 7) is 0. The summed E-state index contributed by atoms with van der Waals surface area (Å²) in [7, 11) is -10.4. The molecule has 0 spiro atoms. The first-order valence-electron chi connectivity index (χ1n) is 7.40. The Labute approximate surface area is 140 Å². The van der Waals surface area contributed by atoms with Crippen molar-refractivity contribution in [2.75, 3.05) is 0 Å². The van der Waals surface area contributed by atoms with Crippen molar-refractivity contribution in [2.24, 2.45) is 0 Å². The zero-order valence-corrected chi connectivity index (χ0v) is 14.6. The van der Waals surface area contributed by atoms with Crippen LogP contribution in [0.1, 0.15) is 0 Å². The predicted octanol–water partition coefficient (Wildman–Crippen LogP) is 2.68. The normalized spacial score (nSPS) is 12.2. The number of halogens is 4. The van der Waals surface area contributed by atoms with Gasteiger partial charge in [0.15, 0.2) is 0 Å². The number of hydrogen-bond acceptors (Lipinski definition) is 0. The molecule has 0 nitrogen and oxygen atoms in total. The van der Waals surface area contributed by atoms with Crippen LogP contribution in [0.15, 0.2) is 84.9 Å². The van der Waals surface area contributed by atoms with E-state index in [0.29, 0.717) is 0 Å². The van der Waals surface area contributed by atoms with Crippen LogP contribution < -0.4 is 20.7 Å². The Kier molecular flexibility index (Phi) is 4.42. The molecule has 0 atom stereocenters. The molecule has 0 N–H and O–H groups in total. The third-order valence-electron chi connectivity index (χ3n) is 3.88. The van der Waals surface area contributed by atoms with E-state index in [4.69, 9.17) is 0 Å². The summed E-state index contributed by atoms with van der Waals surface area (Å²) >= 11 is 0. The van der Waals surface area contributed by atoms with Gasteiger partial charge in [0.2, 0.25) is 0 Å². The maximum atomic E-state index is 15.0. The molecule has 0 fully saturated rings. The fourth-order valence-electron chi connectivity index (χ4n) is 2.64. The minimum Gasteiger partial charge on any atom is -0.260 e. The second kappa shape index (κ2) is 6.37. The van der Waals surface area contributed by atoms with Crippen molar-refractivity contribution in [1.82, 2.24) is 0 Å². The Morgan fingerprint density at radius 3 is 1.04 bits per heavy atom. The summed E-state index contributed by atoms with van der Waals surface area (Å²) < 4.78 is 60.1. The van der Waals surface area contributed by atoms with E-state index in [1.807, 2.05) is 0 Å². The van der Waals surface area contributed by atoms with Gasteiger partial charge >= 0.3 is 17.5 Å². The van der Waals surface area contributed by atoms with Gasteiger partial charge in [-0.05, 0) is 0 Å². The van der Waals surface area contributed by atoms with Crippen molar-refractivity contribution in [1.29, 1.82) is 0 Å². The van der Waals surface area contributed by atoms with Crippen LogP contribution in [-0.4, -0.2) is 17.5 Å². The Bertz CT molecular complexity index is 750. The van der Waals surface area contributed by atoms with Crippen molar-refractivity contribution in [3.63, 3.8) is 0 Å². The molecule has 0 amide bonds. The molecule has 0 aliphatic heterocycles. The molecule has 0 heterocycles. The van der Waals surface area contributed by atoms with Crippen molar-refractivity contribution in [3.05, 3.63) is 84.9 Å². The van der Waals surface area contributed by atoms with E-state index < -0.39 is 27.9 Å². The summed E-state index contributed by atoms with van der Waals surface area (Å²) in [5.41, 5.74) is 0. The van der Waals surface area contributed by atoms with Crippen molar-refractivity contribution < 1.29 is 16.4 Å². The maximum Gasteiger partial charge on any atom is 0.487 e. The third-order valence-corrected chi connectivity index (χ3v) is 8.47. The molecule has 3 aromatic rings. The van der Waals surface area contributed by atoms with Crippen LogP contribution in [0.5, 0.6) is 0 Å². The molecule has 3 aromatic carbocycles. The average Bonchev–Trinajstić information content (AvgIpc) is 2.63. The molecule has 0 bridgehead atoms. The Balaban J connectivity index is 2.16. The molecule has 0 unspecified atom stereocenters. The van der Waals surface area contributed by atoms with Gasteiger partial charge < -0.3 is 0 Å². The topological polar surface area (TPSA) is 0 Å². The second-order valence-electron chi connectivity index (χ2n) is 5.43. The molecule has 0 saturated carbocycles. The van der Waals surface area contributed by atoms with Gasteiger partial charge in [0.25, 0.3) is 0 Å². The van der Waals surface area contributed by atoms with E-state index in [2.05, 4.69) is 0 Å². The SMILES string of the molecule is F[Si](F)(c1ccccc1)c1ccccc1[Si](F)(F)c1ccccc1. The van der Waals surface area contributed by atoms with E-state index >= 15 is 16.4 Å². The van der Waals surface area contributed by atoms with Crippen LogP contribution in [0.3, 0.4) is 0 Å². The van der Waals surface area contributed by atoms with Gasteiger partial charge in [-0.25, -0.2) is 0 Å². The predicted molar refractivity (Wildman–Crippen MR) is 93.8 cm³/mol. The maximum absolute atomic E-state index is 15.0. The molecule has 24 heavy (non-hydrogen) atoms. The highest BCUT2D eigenvalue weighted by Crippen LogP contribution is 2.13. The van der Waals surface area contributed by atoms with Crippen LogP contribution in [0.25, 0.3) is 0 Å². The smallest absolute Gasteiger partial charge is 0.260 e. The van der Waals surface area contributed by atoms with E-state index in [9.17, 15) is 0 Å². The first-order valence-corrected chi connectivity index (χ1v) is 10.9. The van der Waals surface area contributed by atoms with E-state index in [1.54, 1.807) is 12.1 Å². The fourth-order valence-corrected chi connectivity index (χ4v) is 6.88. The molecule has 0 radical (unpaired) electrons. The highest BCUT2D eigenvalue weighted by atomic mass is 28.4. The van der Waals surface area contributed by atoms with E-state index in [1.165, 1.54) is 60.7 Å². The lowest BCUT2D eigenvalue weighted by atomic mass is 10.3. The van der Waals surface area contributed by atoms with Crippen LogP contribution in [0, 0.1) is 0 Å². The summed E-state index contributed by atoms with van der Waals surface area (Å²) in [6, 6.07) is 19.6. The molecule has 122 valence electrons. The highest BCUT2D eigenvalue weighted by Gasteiger charge is 2.50. The van der Waals surface area contributed by atoms with E-state index in [-0.39, 0.29) is 10.4 Å². The summed E-state index contributed by atoms with van der Waals surface area (Å²) in [5.74, 6) is 0. The first-order chi connectivity index (χ1) is 11.4. The van der Waals surface area contributed by atoms with Gasteiger partial charge in [-0.3, -0.25) is 16.4 Å². The highest BCUT2D eigenvalue weighted by molar-refractivity contribution is 7.00. The van der Waals surface area contributed by atoms with Crippen molar-refractivity contribution >= 4 is 38.2 Å². The van der Waals surface area contributed by atoms with Crippen LogP contribution in [-0.2, 0) is 0 Å². The Hall–Kier alpha value is -2.19. The largest absolute Gasteiger partial charge is 0.487 e. The molecular weight excluding hydrogens is 348 g/mol. The lowest BCUT2D eigenvalue weighted by Gasteiger charge is -2.21. The standard InChI is InChI=1S/C18H14F4Si2/c19-23(20,15-9-3-1-4-10-15)17-13-7-8-14-18(17)24(21,22)16-11-5-2-6-12-16/h1-14H. The Morgan fingerprint density at radius 2 is 0.708 bits per heavy atom. The van der Waals surface area contributed by atoms with Gasteiger partial charge in [-0.15, -0.1) is 0 Å². The van der Waals surface area contributed by atoms with Gasteiger partial charge in [-0.2, -0.15) is 0 Å². The summed E-state index contributed by atoms with van der Waals surface area (Å²) in [4.78, 5) is 0. The molecule has 0 saturated heterocycles. The average molecular weight is 362 g/mol. The molecule has 3 rings (SSSR count). The van der Waals surface area contributed by atoms with Gasteiger partial charge in [0, 0.05) is 20.7 Å². The second-order valence-corrected chi connectivity index (χ2v) is 9.96. The van der Waals surface area contributed by atoms with Crippen molar-refractivity contribution in [2.45, 2.75) is 0 Å². The number of rotatable bonds is 4. The zero-order chi connectivity index (χ0) is 17.2. The fraction of sp³-hybridized carbons (Fsp3) is 0. The Morgan fingerprint density at radius 1 is 0.417 bits per heavy atom. The molecular formula is C18H14F4Si2. The van der Waals surface area contributed by atoms with Crippen LogP contribution in [0.4, 0.5) is 16.4 Å². The molecule has 0 aromatic heterocycles.